The van der Waals surface area contributed by atoms with E-state index >= 15 is 0 Å². The van der Waals surface area contributed by atoms with E-state index in [1.54, 1.807) is 18.5 Å². The number of nitrogens with zero attached hydrogens (tertiary/aromatic N) is 4. The predicted octanol–water partition coefficient (Wildman–Crippen LogP) is 2.14. The van der Waals surface area contributed by atoms with Crippen LogP contribution in [0.3, 0.4) is 0 Å². The van der Waals surface area contributed by atoms with Crippen molar-refractivity contribution < 1.29 is 4.79 Å². The van der Waals surface area contributed by atoms with E-state index in [9.17, 15) is 4.79 Å². The summed E-state index contributed by atoms with van der Waals surface area (Å²) in [6, 6.07) is 2.81. The van der Waals surface area contributed by atoms with E-state index in [4.69, 9.17) is 0 Å². The number of amides is 1. The lowest BCUT2D eigenvalue weighted by Gasteiger charge is -2.34. The van der Waals surface area contributed by atoms with E-state index in [1.807, 2.05) is 0 Å². The molecule has 0 aliphatic carbocycles. The van der Waals surface area contributed by atoms with E-state index in [2.05, 4.69) is 32.0 Å². The number of nitrogens with one attached hydrogen (secondary N) is 1. The van der Waals surface area contributed by atoms with Gasteiger partial charge in [-0.2, -0.15) is 0 Å². The van der Waals surface area contributed by atoms with Gasteiger partial charge in [0.2, 0.25) is 11.9 Å². The highest BCUT2D eigenvalue weighted by atomic mass is 16.2. The third-order valence-electron chi connectivity index (χ3n) is 5.30. The molecule has 0 spiro atoms. The summed E-state index contributed by atoms with van der Waals surface area (Å²) < 4.78 is 0. The van der Waals surface area contributed by atoms with Gasteiger partial charge in [0.1, 0.15) is 0 Å². The van der Waals surface area contributed by atoms with Crippen LogP contribution in [0.25, 0.3) is 0 Å². The van der Waals surface area contributed by atoms with Gasteiger partial charge in [0.15, 0.2) is 0 Å². The Morgan fingerprint density at radius 2 is 1.96 bits per heavy atom. The van der Waals surface area contributed by atoms with Crippen LogP contribution in [0.1, 0.15) is 45.4 Å². The average molecular weight is 331 g/mol. The van der Waals surface area contributed by atoms with Crippen molar-refractivity contribution in [2.75, 3.05) is 31.5 Å². The van der Waals surface area contributed by atoms with Crippen LogP contribution < -0.4 is 5.32 Å². The second kappa shape index (κ2) is 8.42. The minimum Gasteiger partial charge on any atom is -0.354 e. The Labute approximate surface area is 144 Å². The van der Waals surface area contributed by atoms with Crippen LogP contribution >= 0.6 is 0 Å². The molecule has 24 heavy (non-hydrogen) atoms. The van der Waals surface area contributed by atoms with Crippen LogP contribution in [0.15, 0.2) is 18.5 Å². The van der Waals surface area contributed by atoms with Gasteiger partial charge in [-0.1, -0.05) is 6.92 Å². The van der Waals surface area contributed by atoms with Crippen LogP contribution in [0.4, 0.5) is 5.95 Å². The van der Waals surface area contributed by atoms with Gasteiger partial charge >= 0.3 is 0 Å². The van der Waals surface area contributed by atoms with Gasteiger partial charge in [-0.15, -0.1) is 0 Å². The number of carbonyl (C=O) groups excluding carboxylic acids is 1. The molecule has 3 rings (SSSR count). The summed E-state index contributed by atoms with van der Waals surface area (Å²) in [7, 11) is 0. The highest BCUT2D eigenvalue weighted by Crippen LogP contribution is 2.30. The molecule has 132 valence electrons. The average Bonchev–Trinajstić information content (AvgIpc) is 3.27. The molecule has 2 saturated heterocycles. The quantitative estimate of drug-likeness (QED) is 0.776. The van der Waals surface area contributed by atoms with Gasteiger partial charge in [-0.3, -0.25) is 9.69 Å². The van der Waals surface area contributed by atoms with E-state index < -0.39 is 0 Å². The summed E-state index contributed by atoms with van der Waals surface area (Å²) in [5, 5.41) is 3.17. The van der Waals surface area contributed by atoms with Crippen LogP contribution in [-0.4, -0.2) is 63.9 Å². The first-order valence-corrected chi connectivity index (χ1v) is 9.34. The number of rotatable bonds is 7. The molecular formula is C18H29N5O. The molecule has 1 aromatic heterocycles. The SMILES string of the molecule is CCN1CCCC1C1CCCN1C(=O)CCCNc1ncccn1. The molecule has 2 aliphatic rings. The Kier molecular flexibility index (Phi) is 6.01. The van der Waals surface area contributed by atoms with Crippen LogP contribution in [0, 0.1) is 0 Å². The Morgan fingerprint density at radius 3 is 2.75 bits per heavy atom. The molecule has 1 N–H and O–H groups in total. The zero-order valence-electron chi connectivity index (χ0n) is 14.7. The maximum Gasteiger partial charge on any atom is 0.222 e. The predicted molar refractivity (Wildman–Crippen MR) is 94.8 cm³/mol. The lowest BCUT2D eigenvalue weighted by molar-refractivity contribution is -0.133. The molecule has 1 amide bonds. The molecule has 0 saturated carbocycles. The maximum absolute atomic E-state index is 12.7. The number of likely N-dealkylation sites (N-methyl/N-ethyl adjacent to an activating group) is 1. The number of anilines is 1. The van der Waals surface area contributed by atoms with Crippen molar-refractivity contribution >= 4 is 11.9 Å². The fourth-order valence-electron chi connectivity index (χ4n) is 4.16. The lowest BCUT2D eigenvalue weighted by Crippen LogP contribution is -2.48. The van der Waals surface area contributed by atoms with Crippen molar-refractivity contribution in [1.82, 2.24) is 19.8 Å². The van der Waals surface area contributed by atoms with Crippen molar-refractivity contribution in [3.05, 3.63) is 18.5 Å². The standard InChI is InChI=1S/C18H29N5O/c1-2-22-13-4-7-15(22)16-8-5-14-23(16)17(24)9-3-10-19-18-20-11-6-12-21-18/h6,11-12,15-16H,2-5,7-10,13-14H2,1H3,(H,19,20,21). The van der Waals surface area contributed by atoms with Crippen molar-refractivity contribution in [2.24, 2.45) is 0 Å². The van der Waals surface area contributed by atoms with Gasteiger partial charge in [-0.25, -0.2) is 9.97 Å². The van der Waals surface area contributed by atoms with Crippen LogP contribution in [-0.2, 0) is 4.79 Å². The fraction of sp³-hybridized carbons (Fsp3) is 0.722. The summed E-state index contributed by atoms with van der Waals surface area (Å²) in [5.74, 6) is 0.949. The Hall–Kier alpha value is -1.69. The van der Waals surface area contributed by atoms with Crippen molar-refractivity contribution in [2.45, 2.75) is 57.5 Å². The van der Waals surface area contributed by atoms with Crippen LogP contribution in [0.5, 0.6) is 0 Å². The molecule has 3 heterocycles. The van der Waals surface area contributed by atoms with E-state index in [0.29, 0.717) is 30.4 Å². The molecule has 2 aliphatic heterocycles. The summed E-state index contributed by atoms with van der Waals surface area (Å²) in [6.45, 7) is 6.20. The monoisotopic (exact) mass is 331 g/mol. The van der Waals surface area contributed by atoms with Crippen molar-refractivity contribution in [3.63, 3.8) is 0 Å². The van der Waals surface area contributed by atoms with Gasteiger partial charge in [-0.05, 0) is 51.3 Å². The van der Waals surface area contributed by atoms with Gasteiger partial charge in [0.05, 0.1) is 0 Å². The summed E-state index contributed by atoms with van der Waals surface area (Å²) in [4.78, 5) is 25.7. The minimum atomic E-state index is 0.316. The number of hydrogen-bond acceptors (Lipinski definition) is 5. The largest absolute Gasteiger partial charge is 0.354 e. The molecule has 2 unspecified atom stereocenters. The zero-order valence-corrected chi connectivity index (χ0v) is 14.7. The zero-order chi connectivity index (χ0) is 16.8. The number of likely N-dealkylation sites (tertiary alicyclic amines) is 2. The van der Waals surface area contributed by atoms with E-state index in [-0.39, 0.29) is 0 Å². The number of hydrogen-bond donors (Lipinski definition) is 1. The Morgan fingerprint density at radius 1 is 1.21 bits per heavy atom. The fourth-order valence-corrected chi connectivity index (χ4v) is 4.16. The van der Waals surface area contributed by atoms with Gasteiger partial charge in [0.25, 0.3) is 0 Å². The molecule has 2 atom stereocenters. The molecule has 0 bridgehead atoms. The van der Waals surface area contributed by atoms with Gasteiger partial charge in [0, 0.05) is 44.0 Å². The third-order valence-corrected chi connectivity index (χ3v) is 5.30. The summed E-state index contributed by atoms with van der Waals surface area (Å²) in [5.41, 5.74) is 0. The smallest absolute Gasteiger partial charge is 0.222 e. The summed E-state index contributed by atoms with van der Waals surface area (Å²) >= 11 is 0. The summed E-state index contributed by atoms with van der Waals surface area (Å²) in [6.07, 6.45) is 9.71. The second-order valence-electron chi connectivity index (χ2n) is 6.74. The van der Waals surface area contributed by atoms with Crippen LogP contribution in [0.2, 0.25) is 0 Å². The third kappa shape index (κ3) is 4.04. The highest BCUT2D eigenvalue weighted by Gasteiger charge is 2.38. The molecule has 6 heteroatoms. The number of aromatic nitrogens is 2. The molecule has 2 fully saturated rings. The number of carbonyl (C=O) groups is 1. The molecule has 6 nitrogen and oxygen atoms in total. The Balaban J connectivity index is 1.45. The first-order valence-electron chi connectivity index (χ1n) is 9.34. The Bertz CT molecular complexity index is 523. The first kappa shape index (κ1) is 17.1. The van der Waals surface area contributed by atoms with Crippen molar-refractivity contribution in [3.8, 4) is 0 Å². The van der Waals surface area contributed by atoms with Crippen molar-refractivity contribution in [1.29, 1.82) is 0 Å². The molecular weight excluding hydrogens is 302 g/mol. The topological polar surface area (TPSA) is 61.4 Å². The van der Waals surface area contributed by atoms with Gasteiger partial charge < -0.3 is 10.2 Å². The van der Waals surface area contributed by atoms with E-state index in [0.717, 1.165) is 32.5 Å². The normalized spacial score (nSPS) is 24.5. The second-order valence-corrected chi connectivity index (χ2v) is 6.74. The minimum absolute atomic E-state index is 0.316. The first-order chi connectivity index (χ1) is 11.8. The lowest BCUT2D eigenvalue weighted by atomic mass is 10.0. The molecule has 1 aromatic rings. The maximum atomic E-state index is 12.7. The molecule has 0 radical (unpaired) electrons. The highest BCUT2D eigenvalue weighted by molar-refractivity contribution is 5.77. The van der Waals surface area contributed by atoms with E-state index in [1.165, 1.54) is 25.8 Å². The molecule has 0 aromatic carbocycles.